The van der Waals surface area contributed by atoms with Crippen LogP contribution in [0.2, 0.25) is 0 Å². The summed E-state index contributed by atoms with van der Waals surface area (Å²) in [5, 5.41) is 12.2. The van der Waals surface area contributed by atoms with Gasteiger partial charge < -0.3 is 15.0 Å². The van der Waals surface area contributed by atoms with Crippen molar-refractivity contribution in [3.05, 3.63) is 65.5 Å². The standard InChI is InChI=1S/C22H27N3O2/c1-16-6-5-7-18(14-16)15-25-20-9-4-3-8-19(20)24-21(25)12-13-23-22(27)11-10-17(2)26/h3-9,14,17,26H,10-13,15H2,1-2H3,(H,23,27)/t17-/m0/s1. The minimum absolute atomic E-state index is 0.0303. The number of para-hydroxylation sites is 2. The Kier molecular flexibility index (Phi) is 6.24. The van der Waals surface area contributed by atoms with Crippen LogP contribution >= 0.6 is 0 Å². The molecule has 2 N–H and O–H groups in total. The van der Waals surface area contributed by atoms with E-state index in [1.807, 2.05) is 18.2 Å². The van der Waals surface area contributed by atoms with Gasteiger partial charge in [0.15, 0.2) is 0 Å². The van der Waals surface area contributed by atoms with E-state index in [9.17, 15) is 9.90 Å². The van der Waals surface area contributed by atoms with Crippen LogP contribution in [-0.4, -0.2) is 33.2 Å². The molecule has 0 saturated carbocycles. The van der Waals surface area contributed by atoms with Gasteiger partial charge in [-0.1, -0.05) is 42.0 Å². The van der Waals surface area contributed by atoms with Crippen molar-refractivity contribution >= 4 is 16.9 Å². The van der Waals surface area contributed by atoms with Crippen LogP contribution in [0, 0.1) is 6.92 Å². The maximum absolute atomic E-state index is 11.9. The van der Waals surface area contributed by atoms with Gasteiger partial charge in [-0.3, -0.25) is 4.79 Å². The van der Waals surface area contributed by atoms with Crippen molar-refractivity contribution in [3.63, 3.8) is 0 Å². The molecule has 0 spiro atoms. The molecule has 5 heteroatoms. The van der Waals surface area contributed by atoms with Crippen molar-refractivity contribution in [2.45, 2.75) is 45.8 Å². The fraction of sp³-hybridized carbons (Fsp3) is 0.364. The van der Waals surface area contributed by atoms with Crippen LogP contribution in [0.5, 0.6) is 0 Å². The Morgan fingerprint density at radius 1 is 1.22 bits per heavy atom. The highest BCUT2D eigenvalue weighted by atomic mass is 16.3. The van der Waals surface area contributed by atoms with Gasteiger partial charge in [0, 0.05) is 25.9 Å². The molecule has 2 aromatic carbocycles. The van der Waals surface area contributed by atoms with Crippen molar-refractivity contribution in [3.8, 4) is 0 Å². The zero-order valence-electron chi connectivity index (χ0n) is 16.0. The number of benzene rings is 2. The summed E-state index contributed by atoms with van der Waals surface area (Å²) in [5.74, 6) is 0.936. The molecule has 0 aliphatic heterocycles. The summed E-state index contributed by atoms with van der Waals surface area (Å²) >= 11 is 0. The largest absolute Gasteiger partial charge is 0.393 e. The molecule has 142 valence electrons. The van der Waals surface area contributed by atoms with Gasteiger partial charge in [0.05, 0.1) is 17.1 Å². The third-order valence-electron chi connectivity index (χ3n) is 4.62. The first-order valence-electron chi connectivity index (χ1n) is 9.47. The van der Waals surface area contributed by atoms with Crippen molar-refractivity contribution in [1.29, 1.82) is 0 Å². The Hall–Kier alpha value is -2.66. The molecule has 1 atom stereocenters. The minimum atomic E-state index is -0.450. The number of nitrogens with zero attached hydrogens (tertiary/aromatic N) is 2. The summed E-state index contributed by atoms with van der Waals surface area (Å²) in [4.78, 5) is 16.6. The minimum Gasteiger partial charge on any atom is -0.393 e. The fourth-order valence-corrected chi connectivity index (χ4v) is 3.23. The van der Waals surface area contributed by atoms with E-state index in [4.69, 9.17) is 4.98 Å². The molecule has 3 aromatic rings. The summed E-state index contributed by atoms with van der Waals surface area (Å²) in [6, 6.07) is 16.6. The van der Waals surface area contributed by atoms with E-state index in [-0.39, 0.29) is 5.91 Å². The number of amides is 1. The number of carbonyl (C=O) groups is 1. The molecule has 3 rings (SSSR count). The lowest BCUT2D eigenvalue weighted by molar-refractivity contribution is -0.121. The number of aliphatic hydroxyl groups is 1. The van der Waals surface area contributed by atoms with Crippen molar-refractivity contribution in [2.24, 2.45) is 0 Å². The third-order valence-corrected chi connectivity index (χ3v) is 4.62. The molecule has 1 amide bonds. The molecule has 27 heavy (non-hydrogen) atoms. The molecule has 0 bridgehead atoms. The number of nitrogens with one attached hydrogen (secondary N) is 1. The van der Waals surface area contributed by atoms with Gasteiger partial charge in [-0.25, -0.2) is 4.98 Å². The predicted octanol–water partition coefficient (Wildman–Crippen LogP) is 3.21. The van der Waals surface area contributed by atoms with E-state index in [0.29, 0.717) is 25.8 Å². The summed E-state index contributed by atoms with van der Waals surface area (Å²) in [6.45, 7) is 5.09. The van der Waals surface area contributed by atoms with Crippen molar-refractivity contribution in [2.75, 3.05) is 6.54 Å². The maximum Gasteiger partial charge on any atom is 0.220 e. The lowest BCUT2D eigenvalue weighted by Crippen LogP contribution is -2.27. The monoisotopic (exact) mass is 365 g/mol. The second-order valence-corrected chi connectivity index (χ2v) is 7.08. The lowest BCUT2D eigenvalue weighted by Gasteiger charge is -2.11. The summed E-state index contributed by atoms with van der Waals surface area (Å²) in [7, 11) is 0. The number of fused-ring (bicyclic) bond motifs is 1. The van der Waals surface area contributed by atoms with Crippen LogP contribution in [0.25, 0.3) is 11.0 Å². The number of hydrogen-bond acceptors (Lipinski definition) is 3. The Balaban J connectivity index is 1.73. The van der Waals surface area contributed by atoms with Crippen molar-refractivity contribution < 1.29 is 9.90 Å². The zero-order chi connectivity index (χ0) is 19.2. The maximum atomic E-state index is 11.9. The van der Waals surface area contributed by atoms with Crippen LogP contribution in [-0.2, 0) is 17.8 Å². The smallest absolute Gasteiger partial charge is 0.220 e. The van der Waals surface area contributed by atoms with E-state index in [2.05, 4.69) is 47.1 Å². The molecule has 0 unspecified atom stereocenters. The second kappa shape index (κ2) is 8.82. The van der Waals surface area contributed by atoms with Gasteiger partial charge in [0.25, 0.3) is 0 Å². The van der Waals surface area contributed by atoms with E-state index >= 15 is 0 Å². The normalized spacial score (nSPS) is 12.3. The van der Waals surface area contributed by atoms with Gasteiger partial charge in [-0.05, 0) is 38.0 Å². The number of imidazole rings is 1. The zero-order valence-corrected chi connectivity index (χ0v) is 16.0. The van der Waals surface area contributed by atoms with Crippen LogP contribution in [0.4, 0.5) is 0 Å². The topological polar surface area (TPSA) is 67.2 Å². The average Bonchev–Trinajstić information content (AvgIpc) is 2.98. The highest BCUT2D eigenvalue weighted by Gasteiger charge is 2.12. The molecule has 0 aliphatic carbocycles. The van der Waals surface area contributed by atoms with Crippen LogP contribution < -0.4 is 5.32 Å². The first-order chi connectivity index (χ1) is 13.0. The van der Waals surface area contributed by atoms with Crippen LogP contribution in [0.3, 0.4) is 0 Å². The van der Waals surface area contributed by atoms with E-state index in [1.54, 1.807) is 6.92 Å². The van der Waals surface area contributed by atoms with Gasteiger partial charge in [-0.2, -0.15) is 0 Å². The average molecular weight is 365 g/mol. The summed E-state index contributed by atoms with van der Waals surface area (Å²) in [6.07, 6.45) is 1.05. The predicted molar refractivity (Wildman–Crippen MR) is 108 cm³/mol. The third kappa shape index (κ3) is 5.17. The Morgan fingerprint density at radius 3 is 2.81 bits per heavy atom. The molecule has 5 nitrogen and oxygen atoms in total. The number of hydrogen-bond donors (Lipinski definition) is 2. The Labute approximate surface area is 160 Å². The lowest BCUT2D eigenvalue weighted by atomic mass is 10.1. The van der Waals surface area contributed by atoms with Crippen LogP contribution in [0.15, 0.2) is 48.5 Å². The van der Waals surface area contributed by atoms with Crippen molar-refractivity contribution in [1.82, 2.24) is 14.9 Å². The van der Waals surface area contributed by atoms with E-state index in [1.165, 1.54) is 11.1 Å². The number of aliphatic hydroxyl groups excluding tert-OH is 1. The van der Waals surface area contributed by atoms with E-state index in [0.717, 1.165) is 23.4 Å². The quantitative estimate of drug-likeness (QED) is 0.644. The Bertz CT molecular complexity index is 915. The van der Waals surface area contributed by atoms with Crippen LogP contribution in [0.1, 0.15) is 36.7 Å². The summed E-state index contributed by atoms with van der Waals surface area (Å²) < 4.78 is 2.23. The second-order valence-electron chi connectivity index (χ2n) is 7.08. The van der Waals surface area contributed by atoms with Gasteiger partial charge in [0.1, 0.15) is 5.82 Å². The number of carbonyl (C=O) groups excluding carboxylic acids is 1. The van der Waals surface area contributed by atoms with Gasteiger partial charge >= 0.3 is 0 Å². The molecule has 1 heterocycles. The number of aryl methyl sites for hydroxylation is 1. The molecule has 0 saturated heterocycles. The molecule has 1 aromatic heterocycles. The fourth-order valence-electron chi connectivity index (χ4n) is 3.23. The molecular formula is C22H27N3O2. The highest BCUT2D eigenvalue weighted by Crippen LogP contribution is 2.18. The molecular weight excluding hydrogens is 338 g/mol. The molecule has 0 fully saturated rings. The number of rotatable bonds is 8. The first kappa shape index (κ1) is 19.1. The van der Waals surface area contributed by atoms with Gasteiger partial charge in [0.2, 0.25) is 5.91 Å². The number of aromatic nitrogens is 2. The Morgan fingerprint density at radius 2 is 2.04 bits per heavy atom. The molecule has 0 aliphatic rings. The van der Waals surface area contributed by atoms with E-state index < -0.39 is 6.10 Å². The van der Waals surface area contributed by atoms with Gasteiger partial charge in [-0.15, -0.1) is 0 Å². The first-order valence-corrected chi connectivity index (χ1v) is 9.47. The summed E-state index contributed by atoms with van der Waals surface area (Å²) in [5.41, 5.74) is 4.55. The molecule has 0 radical (unpaired) electrons. The highest BCUT2D eigenvalue weighted by molar-refractivity contribution is 5.76. The SMILES string of the molecule is Cc1cccc(Cn2c(CCNC(=O)CC[C@H](C)O)nc3ccccc32)c1.